The Morgan fingerprint density at radius 1 is 1.23 bits per heavy atom. The molecule has 5 rings (SSSR count). The second-order valence-electron chi connectivity index (χ2n) is 9.85. The highest BCUT2D eigenvalue weighted by molar-refractivity contribution is 7.88. The predicted molar refractivity (Wildman–Crippen MR) is 147 cm³/mol. The van der Waals surface area contributed by atoms with Crippen LogP contribution in [0.5, 0.6) is 5.88 Å². The van der Waals surface area contributed by atoms with Crippen molar-refractivity contribution in [2.45, 2.75) is 50.7 Å². The molecule has 2 aliphatic heterocycles. The Balaban J connectivity index is 1.20. The monoisotopic (exact) mass is 568 g/mol. The maximum Gasteiger partial charge on any atom is 0.417 e. The van der Waals surface area contributed by atoms with Crippen molar-refractivity contribution in [3.8, 4) is 5.88 Å². The van der Waals surface area contributed by atoms with Gasteiger partial charge in [-0.25, -0.2) is 27.8 Å². The number of cyclic esters (lactones) is 1. The zero-order chi connectivity index (χ0) is 28.1. The van der Waals surface area contributed by atoms with Crippen LogP contribution in [-0.2, 0) is 30.7 Å². The number of allylic oxidation sites excluding steroid dienone is 4. The lowest BCUT2D eigenvalue weighted by atomic mass is 10.0. The van der Waals surface area contributed by atoms with E-state index in [2.05, 4.69) is 20.8 Å². The summed E-state index contributed by atoms with van der Waals surface area (Å²) in [5, 5.41) is 0. The highest BCUT2D eigenvalue weighted by Crippen LogP contribution is 2.30. The number of sulfonamides is 1. The van der Waals surface area contributed by atoms with Gasteiger partial charge in [0.05, 0.1) is 30.9 Å². The summed E-state index contributed by atoms with van der Waals surface area (Å²) in [4.78, 5) is 23.0. The minimum absolute atomic E-state index is 0.263. The van der Waals surface area contributed by atoms with Crippen LogP contribution in [-0.4, -0.2) is 61.4 Å². The van der Waals surface area contributed by atoms with Gasteiger partial charge in [0.15, 0.2) is 12.0 Å². The number of fused-ring (bicyclic) bond motifs is 1. The Bertz CT molecular complexity index is 1500. The molecule has 1 aliphatic carbocycles. The molecule has 2 atom stereocenters. The molecule has 12 heteroatoms. The summed E-state index contributed by atoms with van der Waals surface area (Å²) in [5.74, 6) is 1.31. The molecule has 1 unspecified atom stereocenters. The van der Waals surface area contributed by atoms with Gasteiger partial charge in [0, 0.05) is 18.3 Å². The standard InChI is InChI=1S/C28H32N4O7S/c1-36-25-13-12-23-27(30-25)20(14-15-29-23)8-9-21(31-40(2,34)35)10-11-22-16-32(28(33)38-22)26-18-37-17-24(39-26)19-6-4-3-5-7-19/h3-4,6,12-15,17-18,21-22,31H,5,7-11,16H2,1-2H3/t21-,22?/m1/s1. The van der Waals surface area contributed by atoms with Gasteiger partial charge in [-0.15, -0.1) is 0 Å². The van der Waals surface area contributed by atoms with Gasteiger partial charge in [-0.1, -0.05) is 18.2 Å². The molecular formula is C28H32N4O7S. The smallest absolute Gasteiger partial charge is 0.417 e. The van der Waals surface area contributed by atoms with E-state index in [1.54, 1.807) is 19.4 Å². The topological polar surface area (TPSA) is 129 Å². The van der Waals surface area contributed by atoms with Crippen LogP contribution >= 0.6 is 0 Å². The molecule has 1 fully saturated rings. The number of carbonyl (C=O) groups excluding carboxylic acids is 1. The van der Waals surface area contributed by atoms with Gasteiger partial charge in [0.1, 0.15) is 12.4 Å². The molecular weight excluding hydrogens is 536 g/mol. The van der Waals surface area contributed by atoms with E-state index >= 15 is 0 Å². The van der Waals surface area contributed by atoms with E-state index in [0.29, 0.717) is 37.3 Å². The summed E-state index contributed by atoms with van der Waals surface area (Å²) < 4.78 is 49.2. The van der Waals surface area contributed by atoms with Crippen LogP contribution in [0.15, 0.2) is 72.4 Å². The van der Waals surface area contributed by atoms with Crippen LogP contribution in [0.3, 0.4) is 0 Å². The normalized spacial score (nSPS) is 19.8. The summed E-state index contributed by atoms with van der Waals surface area (Å²) in [6, 6.07) is 5.10. The number of hydrogen-bond donors (Lipinski definition) is 1. The first kappa shape index (κ1) is 27.7. The minimum Gasteiger partial charge on any atom is -0.481 e. The summed E-state index contributed by atoms with van der Waals surface area (Å²) in [7, 11) is -1.91. The maximum absolute atomic E-state index is 12.7. The fourth-order valence-electron chi connectivity index (χ4n) is 4.89. The van der Waals surface area contributed by atoms with Crippen molar-refractivity contribution in [1.82, 2.24) is 19.6 Å². The van der Waals surface area contributed by atoms with Gasteiger partial charge in [-0.3, -0.25) is 4.98 Å². The van der Waals surface area contributed by atoms with Gasteiger partial charge in [-0.2, -0.15) is 0 Å². The van der Waals surface area contributed by atoms with E-state index in [1.165, 1.54) is 17.4 Å². The number of carbonyl (C=O) groups is 1. The summed E-state index contributed by atoms with van der Waals surface area (Å²) in [5.41, 5.74) is 3.39. The lowest BCUT2D eigenvalue weighted by molar-refractivity contribution is 0.116. The number of nitrogens with one attached hydrogen (secondary N) is 1. The van der Waals surface area contributed by atoms with E-state index < -0.39 is 22.2 Å². The minimum atomic E-state index is -3.46. The van der Waals surface area contributed by atoms with Gasteiger partial charge >= 0.3 is 6.09 Å². The third-order valence-electron chi connectivity index (χ3n) is 6.86. The molecule has 3 aliphatic rings. The Morgan fingerprint density at radius 2 is 2.10 bits per heavy atom. The van der Waals surface area contributed by atoms with Crippen LogP contribution in [0.25, 0.3) is 11.0 Å². The van der Waals surface area contributed by atoms with Crippen molar-refractivity contribution in [2.24, 2.45) is 0 Å². The lowest BCUT2D eigenvalue weighted by Crippen LogP contribution is -2.35. The number of nitrogens with zero attached hydrogens (tertiary/aromatic N) is 3. The van der Waals surface area contributed by atoms with Crippen molar-refractivity contribution in [1.29, 1.82) is 0 Å². The van der Waals surface area contributed by atoms with Gasteiger partial charge in [0.2, 0.25) is 21.8 Å². The molecule has 212 valence electrons. The van der Waals surface area contributed by atoms with Crippen molar-refractivity contribution >= 4 is 27.1 Å². The number of rotatable bonds is 11. The van der Waals surface area contributed by atoms with Crippen molar-refractivity contribution in [3.63, 3.8) is 0 Å². The first-order valence-electron chi connectivity index (χ1n) is 13.1. The van der Waals surface area contributed by atoms with Crippen LogP contribution in [0.2, 0.25) is 0 Å². The molecule has 0 radical (unpaired) electrons. The molecule has 0 bridgehead atoms. The predicted octanol–water partition coefficient (Wildman–Crippen LogP) is 4.05. The number of ether oxygens (including phenoxy) is 4. The van der Waals surface area contributed by atoms with E-state index in [1.807, 2.05) is 24.3 Å². The number of aryl methyl sites for hydroxylation is 1. The van der Waals surface area contributed by atoms with Crippen LogP contribution < -0.4 is 9.46 Å². The average molecular weight is 569 g/mol. The Kier molecular flexibility index (Phi) is 8.36. The molecule has 1 amide bonds. The van der Waals surface area contributed by atoms with E-state index in [9.17, 15) is 13.2 Å². The zero-order valence-corrected chi connectivity index (χ0v) is 23.2. The summed E-state index contributed by atoms with van der Waals surface area (Å²) in [6.45, 7) is 0.268. The number of hydrogen-bond acceptors (Lipinski definition) is 9. The molecule has 1 saturated heterocycles. The quantitative estimate of drug-likeness (QED) is 0.427. The summed E-state index contributed by atoms with van der Waals surface area (Å²) >= 11 is 0. The van der Waals surface area contributed by atoms with E-state index in [0.717, 1.165) is 41.3 Å². The molecule has 2 aromatic heterocycles. The van der Waals surface area contributed by atoms with Crippen LogP contribution in [0, 0.1) is 0 Å². The Morgan fingerprint density at radius 3 is 2.88 bits per heavy atom. The molecule has 40 heavy (non-hydrogen) atoms. The number of aromatic nitrogens is 2. The Hall–Kier alpha value is -3.90. The average Bonchev–Trinajstić information content (AvgIpc) is 3.34. The third kappa shape index (κ3) is 6.80. The lowest BCUT2D eigenvalue weighted by Gasteiger charge is -2.23. The first-order valence-corrected chi connectivity index (χ1v) is 15.0. The van der Waals surface area contributed by atoms with Gasteiger partial charge in [-0.05, 0) is 61.8 Å². The SMILES string of the molecule is COc1ccc2nccc(CC[C@H](CCC3CN(C4=COC=C(C5=CC=CCC5)O4)C(=O)O3)NS(C)(=O)=O)c2n1. The van der Waals surface area contributed by atoms with Crippen molar-refractivity contribution in [2.75, 3.05) is 19.9 Å². The molecule has 11 nitrogen and oxygen atoms in total. The second-order valence-corrected chi connectivity index (χ2v) is 11.6. The molecule has 0 aromatic carbocycles. The van der Waals surface area contributed by atoms with Crippen molar-refractivity contribution in [3.05, 3.63) is 77.9 Å². The second kappa shape index (κ2) is 12.1. The molecule has 2 aromatic rings. The Labute approximate surface area is 233 Å². The number of amides is 1. The molecule has 1 N–H and O–H groups in total. The van der Waals surface area contributed by atoms with E-state index in [4.69, 9.17) is 18.9 Å². The fourth-order valence-corrected chi connectivity index (χ4v) is 5.73. The maximum atomic E-state index is 12.7. The van der Waals surface area contributed by atoms with Gasteiger partial charge in [0.25, 0.3) is 0 Å². The number of methoxy groups -OCH3 is 1. The van der Waals surface area contributed by atoms with Crippen LogP contribution in [0.1, 0.15) is 37.7 Å². The highest BCUT2D eigenvalue weighted by Gasteiger charge is 2.36. The zero-order valence-electron chi connectivity index (χ0n) is 22.4. The van der Waals surface area contributed by atoms with Crippen LogP contribution in [0.4, 0.5) is 4.79 Å². The third-order valence-corrected chi connectivity index (χ3v) is 7.62. The van der Waals surface area contributed by atoms with Crippen molar-refractivity contribution < 1.29 is 32.2 Å². The van der Waals surface area contributed by atoms with E-state index in [-0.39, 0.29) is 18.5 Å². The van der Waals surface area contributed by atoms with Gasteiger partial charge < -0.3 is 18.9 Å². The largest absolute Gasteiger partial charge is 0.481 e. The molecule has 4 heterocycles. The number of pyridine rings is 2. The molecule has 0 saturated carbocycles. The fraction of sp³-hybridized carbons (Fsp3) is 0.393. The molecule has 0 spiro atoms. The highest BCUT2D eigenvalue weighted by atomic mass is 32.2. The first-order chi connectivity index (χ1) is 19.3. The summed E-state index contributed by atoms with van der Waals surface area (Å²) in [6.07, 6.45) is 14.5.